The molecule has 6 aromatic carbocycles. The van der Waals surface area contributed by atoms with Crippen molar-refractivity contribution in [3.05, 3.63) is 181 Å². The van der Waals surface area contributed by atoms with Crippen LogP contribution in [0.15, 0.2) is 170 Å². The van der Waals surface area contributed by atoms with E-state index in [1.54, 1.807) is 0 Å². The Morgan fingerprint density at radius 3 is 0.909 bits per heavy atom. The fourth-order valence-electron chi connectivity index (χ4n) is 5.35. The minimum absolute atomic E-state index is 0.590. The quantitative estimate of drug-likeness (QED) is 0.0918. The summed E-state index contributed by atoms with van der Waals surface area (Å²) in [4.78, 5) is 0. The topological polar surface area (TPSA) is 0 Å². The molecular weight excluding hydrogens is 607 g/mol. The van der Waals surface area contributed by atoms with Gasteiger partial charge in [-0.15, -0.1) is 0 Å². The molecule has 0 bridgehead atoms. The zero-order valence-corrected chi connectivity index (χ0v) is 28.1. The van der Waals surface area contributed by atoms with Crippen molar-refractivity contribution in [2.24, 2.45) is 0 Å². The van der Waals surface area contributed by atoms with Gasteiger partial charge in [-0.3, -0.25) is 0 Å². The first-order chi connectivity index (χ1) is 21.9. The molecule has 0 aliphatic heterocycles. The van der Waals surface area contributed by atoms with Gasteiger partial charge >= 0.3 is 0 Å². The van der Waals surface area contributed by atoms with Crippen LogP contribution in [0, 0.1) is 0 Å². The fourth-order valence-corrected chi connectivity index (χ4v) is 12.7. The van der Waals surface area contributed by atoms with Gasteiger partial charge in [0, 0.05) is 23.0 Å². The fraction of sp³-hybridized carbons (Fsp3) is 0.100. The maximum Gasteiger partial charge on any atom is 0.0191 e. The lowest BCUT2D eigenvalue weighted by atomic mass is 10.2. The number of hydrogen-bond donors (Lipinski definition) is 0. The van der Waals surface area contributed by atoms with Gasteiger partial charge in [0.15, 0.2) is 0 Å². The third kappa shape index (κ3) is 7.93. The van der Waals surface area contributed by atoms with Gasteiger partial charge < -0.3 is 0 Å². The van der Waals surface area contributed by atoms with Crippen LogP contribution >= 0.6 is 39.4 Å². The summed E-state index contributed by atoms with van der Waals surface area (Å²) in [6.45, 7) is 0. The van der Waals surface area contributed by atoms with Gasteiger partial charge in [-0.25, -0.2) is 0 Å². The second-order valence-corrected chi connectivity index (χ2v) is 17.0. The predicted molar refractivity (Wildman–Crippen MR) is 203 cm³/mol. The number of benzene rings is 6. The molecule has 0 saturated carbocycles. The third-order valence-corrected chi connectivity index (χ3v) is 14.8. The summed E-state index contributed by atoms with van der Waals surface area (Å²) in [5.41, 5.74) is 2.92. The van der Waals surface area contributed by atoms with Crippen LogP contribution in [0.1, 0.15) is 11.1 Å². The lowest BCUT2D eigenvalue weighted by Gasteiger charge is -2.22. The van der Waals surface area contributed by atoms with E-state index < -0.39 is 15.8 Å². The molecule has 0 nitrogen and oxygen atoms in total. The minimum Gasteiger partial charge on any atom is -0.156 e. The van der Waals surface area contributed by atoms with Gasteiger partial charge in [-0.2, -0.15) is 23.5 Å². The average Bonchev–Trinajstić information content (AvgIpc) is 3.10. The molecule has 0 heterocycles. The molecule has 0 amide bonds. The van der Waals surface area contributed by atoms with Crippen LogP contribution < -0.4 is 31.8 Å². The van der Waals surface area contributed by atoms with E-state index in [1.165, 1.54) is 43.0 Å². The highest BCUT2D eigenvalue weighted by atomic mass is 32.2. The van der Waals surface area contributed by atoms with E-state index in [4.69, 9.17) is 0 Å². The standard InChI is InChI=1S/C40H36P2S2/c1-5-19-35(20-6-1)41(36-21-7-2-8-22-36)39-27-15-13-17-33(39)31-43-29-30-44-32-34-18-14-16-28-40(34)42(37-23-9-3-10-24-37)38-25-11-4-12-26-38/h1-28H,29-32H2. The smallest absolute Gasteiger partial charge is 0.0191 e. The molecule has 0 fully saturated rings. The highest BCUT2D eigenvalue weighted by Gasteiger charge is 2.20. The van der Waals surface area contributed by atoms with Crippen LogP contribution in [-0.4, -0.2) is 11.5 Å². The molecule has 218 valence electrons. The molecule has 6 aromatic rings. The normalized spacial score (nSPS) is 11.2. The van der Waals surface area contributed by atoms with Crippen molar-refractivity contribution in [2.75, 3.05) is 11.5 Å². The Morgan fingerprint density at radius 2 is 0.591 bits per heavy atom. The van der Waals surface area contributed by atoms with Crippen LogP contribution in [0.4, 0.5) is 0 Å². The summed E-state index contributed by atoms with van der Waals surface area (Å²) < 4.78 is 0. The predicted octanol–water partition coefficient (Wildman–Crippen LogP) is 8.37. The Morgan fingerprint density at radius 1 is 0.318 bits per heavy atom. The van der Waals surface area contributed by atoms with Crippen LogP contribution in [0.25, 0.3) is 0 Å². The molecule has 0 aromatic heterocycles. The molecule has 0 atom stereocenters. The SMILES string of the molecule is c1ccc(P(c2ccccc2)c2ccccc2CSCCSCc2ccccc2P(c2ccccc2)c2ccccc2)cc1. The Kier molecular flexibility index (Phi) is 11.4. The Bertz CT molecular complexity index is 1500. The summed E-state index contributed by atoms with van der Waals surface area (Å²) in [5, 5.41) is 8.59. The molecule has 0 unspecified atom stereocenters. The molecule has 4 heteroatoms. The van der Waals surface area contributed by atoms with Crippen molar-refractivity contribution in [3.63, 3.8) is 0 Å². The average molecular weight is 643 g/mol. The maximum atomic E-state index is 2.35. The first kappa shape index (κ1) is 30.9. The number of rotatable bonds is 13. The molecule has 44 heavy (non-hydrogen) atoms. The molecule has 0 radical (unpaired) electrons. The van der Waals surface area contributed by atoms with Gasteiger partial charge in [0.25, 0.3) is 0 Å². The zero-order valence-electron chi connectivity index (χ0n) is 24.7. The van der Waals surface area contributed by atoms with Crippen LogP contribution in [0.2, 0.25) is 0 Å². The summed E-state index contributed by atoms with van der Waals surface area (Å²) >= 11 is 4.12. The lowest BCUT2D eigenvalue weighted by Crippen LogP contribution is -2.23. The zero-order chi connectivity index (χ0) is 29.8. The van der Waals surface area contributed by atoms with Gasteiger partial charge in [-0.1, -0.05) is 170 Å². The molecular formula is C40H36P2S2. The molecule has 0 saturated heterocycles. The van der Waals surface area contributed by atoms with E-state index in [0.717, 1.165) is 23.0 Å². The molecule has 0 aliphatic rings. The Labute approximate surface area is 273 Å². The van der Waals surface area contributed by atoms with E-state index in [-0.39, 0.29) is 0 Å². The Hall–Kier alpha value is -3.12. The van der Waals surface area contributed by atoms with Gasteiger partial charge in [0.2, 0.25) is 0 Å². The van der Waals surface area contributed by atoms with Crippen molar-refractivity contribution in [1.29, 1.82) is 0 Å². The van der Waals surface area contributed by atoms with Crippen LogP contribution in [0.5, 0.6) is 0 Å². The molecule has 0 spiro atoms. The van der Waals surface area contributed by atoms with Crippen molar-refractivity contribution in [2.45, 2.75) is 11.5 Å². The highest BCUT2D eigenvalue weighted by molar-refractivity contribution is 8.02. The summed E-state index contributed by atoms with van der Waals surface area (Å²) in [5.74, 6) is 4.36. The van der Waals surface area contributed by atoms with Gasteiger partial charge in [0.1, 0.15) is 0 Å². The largest absolute Gasteiger partial charge is 0.156 e. The second-order valence-electron chi connectivity index (χ2n) is 10.4. The summed E-state index contributed by atoms with van der Waals surface area (Å²) in [7, 11) is -1.18. The summed E-state index contributed by atoms with van der Waals surface area (Å²) in [6, 6.07) is 62.3. The van der Waals surface area contributed by atoms with Gasteiger partial charge in [-0.05, 0) is 58.8 Å². The van der Waals surface area contributed by atoms with E-state index >= 15 is 0 Å². The van der Waals surface area contributed by atoms with E-state index in [1.807, 2.05) is 0 Å². The van der Waals surface area contributed by atoms with Crippen molar-refractivity contribution in [3.8, 4) is 0 Å². The molecule has 6 rings (SSSR count). The molecule has 0 aliphatic carbocycles. The minimum atomic E-state index is -0.590. The molecule has 0 N–H and O–H groups in total. The van der Waals surface area contributed by atoms with Crippen molar-refractivity contribution < 1.29 is 0 Å². The number of thioether (sulfide) groups is 2. The maximum absolute atomic E-state index is 2.35. The van der Waals surface area contributed by atoms with Crippen molar-refractivity contribution >= 4 is 71.2 Å². The first-order valence-electron chi connectivity index (χ1n) is 15.0. The van der Waals surface area contributed by atoms with Crippen LogP contribution in [0.3, 0.4) is 0 Å². The lowest BCUT2D eigenvalue weighted by molar-refractivity contribution is 1.41. The third-order valence-electron chi connectivity index (χ3n) is 7.41. The second kappa shape index (κ2) is 16.3. The van der Waals surface area contributed by atoms with Crippen molar-refractivity contribution in [1.82, 2.24) is 0 Å². The van der Waals surface area contributed by atoms with Gasteiger partial charge in [0.05, 0.1) is 0 Å². The van der Waals surface area contributed by atoms with Crippen LogP contribution in [-0.2, 0) is 11.5 Å². The van der Waals surface area contributed by atoms with E-state index in [2.05, 4.69) is 193 Å². The summed E-state index contributed by atoms with van der Waals surface area (Å²) in [6.07, 6.45) is 0. The first-order valence-corrected chi connectivity index (χ1v) is 20.0. The Balaban J connectivity index is 1.11. The highest BCUT2D eigenvalue weighted by Crippen LogP contribution is 2.36. The van der Waals surface area contributed by atoms with E-state index in [9.17, 15) is 0 Å². The monoisotopic (exact) mass is 642 g/mol. The van der Waals surface area contributed by atoms with E-state index in [0.29, 0.717) is 0 Å². The number of hydrogen-bond acceptors (Lipinski definition) is 2.